The molecule has 124 valence electrons. The maximum Gasteiger partial charge on any atom is 0.449 e. The molecular weight excluding hydrogens is 379 g/mol. The van der Waals surface area contributed by atoms with Crippen LogP contribution in [0.4, 0.5) is 19.0 Å². The molecule has 1 aromatic carbocycles. The molecule has 23 heavy (non-hydrogen) atoms. The van der Waals surface area contributed by atoms with E-state index in [4.69, 9.17) is 0 Å². The molecule has 0 spiro atoms. The summed E-state index contributed by atoms with van der Waals surface area (Å²) < 4.78 is 40.1. The zero-order valence-corrected chi connectivity index (χ0v) is 13.8. The number of carbonyl (C=O) groups is 1. The lowest BCUT2D eigenvalue weighted by Gasteiger charge is -2.11. The van der Waals surface area contributed by atoms with Crippen molar-refractivity contribution in [1.29, 1.82) is 0 Å². The Balaban J connectivity index is 2.42. The van der Waals surface area contributed by atoms with Crippen LogP contribution >= 0.6 is 15.9 Å². The SMILES string of the molecule is CCc1nc(C(F)(F)F)n(C)c1NC(=O)c1cc(Br)ccc1O. The molecule has 0 saturated carbocycles. The number of amides is 1. The first-order valence-corrected chi connectivity index (χ1v) is 7.37. The number of phenols is 1. The number of aryl methyl sites for hydroxylation is 1. The van der Waals surface area contributed by atoms with Crippen LogP contribution in [-0.2, 0) is 19.6 Å². The molecule has 0 aliphatic carbocycles. The van der Waals surface area contributed by atoms with Gasteiger partial charge in [-0.25, -0.2) is 4.98 Å². The van der Waals surface area contributed by atoms with E-state index in [1.54, 1.807) is 6.92 Å². The zero-order chi connectivity index (χ0) is 17.4. The Morgan fingerprint density at radius 3 is 2.65 bits per heavy atom. The van der Waals surface area contributed by atoms with Crippen molar-refractivity contribution in [2.24, 2.45) is 7.05 Å². The minimum atomic E-state index is -4.63. The first-order valence-electron chi connectivity index (χ1n) is 6.57. The molecule has 5 nitrogen and oxygen atoms in total. The van der Waals surface area contributed by atoms with Crippen molar-refractivity contribution in [3.8, 4) is 5.75 Å². The number of nitrogens with zero attached hydrogens (tertiary/aromatic N) is 2. The number of anilines is 1. The van der Waals surface area contributed by atoms with Gasteiger partial charge in [-0.05, 0) is 24.6 Å². The molecule has 0 radical (unpaired) electrons. The Morgan fingerprint density at radius 1 is 1.43 bits per heavy atom. The van der Waals surface area contributed by atoms with E-state index >= 15 is 0 Å². The van der Waals surface area contributed by atoms with Crippen molar-refractivity contribution in [1.82, 2.24) is 9.55 Å². The number of rotatable bonds is 3. The molecular formula is C14H13BrF3N3O2. The summed E-state index contributed by atoms with van der Waals surface area (Å²) in [6, 6.07) is 4.22. The summed E-state index contributed by atoms with van der Waals surface area (Å²) in [5, 5.41) is 12.1. The zero-order valence-electron chi connectivity index (χ0n) is 12.2. The Morgan fingerprint density at radius 2 is 2.09 bits per heavy atom. The fourth-order valence-electron chi connectivity index (χ4n) is 2.08. The third kappa shape index (κ3) is 3.49. The summed E-state index contributed by atoms with van der Waals surface area (Å²) in [6.45, 7) is 1.63. The molecule has 9 heteroatoms. The summed E-state index contributed by atoms with van der Waals surface area (Å²) in [7, 11) is 1.17. The number of nitrogens with one attached hydrogen (secondary N) is 1. The maximum absolute atomic E-state index is 12.9. The van der Waals surface area contributed by atoms with Crippen molar-refractivity contribution in [2.45, 2.75) is 19.5 Å². The van der Waals surface area contributed by atoms with Gasteiger partial charge in [0, 0.05) is 11.5 Å². The second-order valence-electron chi connectivity index (χ2n) is 4.76. The topological polar surface area (TPSA) is 67.2 Å². The van der Waals surface area contributed by atoms with E-state index < -0.39 is 17.9 Å². The molecule has 0 atom stereocenters. The van der Waals surface area contributed by atoms with Gasteiger partial charge in [-0.1, -0.05) is 22.9 Å². The van der Waals surface area contributed by atoms with Crippen molar-refractivity contribution < 1.29 is 23.1 Å². The Kier molecular flexibility index (Phi) is 4.69. The highest BCUT2D eigenvalue weighted by Crippen LogP contribution is 2.32. The number of hydrogen-bond acceptors (Lipinski definition) is 3. The lowest BCUT2D eigenvalue weighted by molar-refractivity contribution is -0.146. The minimum Gasteiger partial charge on any atom is -0.507 e. The number of imidazole rings is 1. The van der Waals surface area contributed by atoms with E-state index in [1.165, 1.54) is 25.2 Å². The monoisotopic (exact) mass is 391 g/mol. The van der Waals surface area contributed by atoms with Crippen molar-refractivity contribution in [2.75, 3.05) is 5.32 Å². The molecule has 1 amide bonds. The van der Waals surface area contributed by atoms with Crippen LogP contribution < -0.4 is 5.32 Å². The number of aromatic hydroxyl groups is 1. The van der Waals surface area contributed by atoms with Crippen LogP contribution in [0, 0.1) is 0 Å². The van der Waals surface area contributed by atoms with Gasteiger partial charge in [0.15, 0.2) is 0 Å². The van der Waals surface area contributed by atoms with Gasteiger partial charge in [0.1, 0.15) is 11.6 Å². The number of hydrogen-bond donors (Lipinski definition) is 2. The van der Waals surface area contributed by atoms with Crippen LogP contribution in [0.1, 0.15) is 28.8 Å². The number of carbonyl (C=O) groups excluding carboxylic acids is 1. The first-order chi connectivity index (χ1) is 10.6. The third-order valence-electron chi connectivity index (χ3n) is 3.19. The Labute approximate surface area is 138 Å². The average Bonchev–Trinajstić information content (AvgIpc) is 2.78. The highest BCUT2D eigenvalue weighted by atomic mass is 79.9. The largest absolute Gasteiger partial charge is 0.507 e. The van der Waals surface area contributed by atoms with Crippen LogP contribution in [0.25, 0.3) is 0 Å². The fourth-order valence-corrected chi connectivity index (χ4v) is 2.44. The molecule has 0 unspecified atom stereocenters. The van der Waals surface area contributed by atoms with Gasteiger partial charge < -0.3 is 15.0 Å². The molecule has 2 N–H and O–H groups in total. The van der Waals surface area contributed by atoms with E-state index in [0.717, 1.165) is 4.57 Å². The Bertz CT molecular complexity index is 756. The predicted molar refractivity (Wildman–Crippen MR) is 81.3 cm³/mol. The normalized spacial score (nSPS) is 11.6. The highest BCUT2D eigenvalue weighted by molar-refractivity contribution is 9.10. The maximum atomic E-state index is 12.9. The van der Waals surface area contributed by atoms with Crippen molar-refractivity contribution in [3.63, 3.8) is 0 Å². The van der Waals surface area contributed by atoms with Crippen LogP contribution in [0.15, 0.2) is 22.7 Å². The number of halogens is 4. The summed E-state index contributed by atoms with van der Waals surface area (Å²) in [5.41, 5.74) is 0.0545. The number of aromatic nitrogens is 2. The van der Waals surface area contributed by atoms with Crippen LogP contribution in [0.3, 0.4) is 0 Å². The lowest BCUT2D eigenvalue weighted by atomic mass is 10.2. The number of benzene rings is 1. The fraction of sp³-hybridized carbons (Fsp3) is 0.286. The molecule has 2 rings (SSSR count). The molecule has 0 saturated heterocycles. The van der Waals surface area contributed by atoms with Gasteiger partial charge in [-0.3, -0.25) is 4.79 Å². The number of phenolic OH excluding ortho intramolecular Hbond substituents is 1. The minimum absolute atomic E-state index is 0.0517. The quantitative estimate of drug-likeness (QED) is 0.837. The first kappa shape index (κ1) is 17.3. The third-order valence-corrected chi connectivity index (χ3v) is 3.68. The molecule has 0 aliphatic rings. The smallest absolute Gasteiger partial charge is 0.449 e. The van der Waals surface area contributed by atoms with E-state index in [-0.39, 0.29) is 29.2 Å². The molecule has 2 aromatic rings. The lowest BCUT2D eigenvalue weighted by Crippen LogP contribution is -2.18. The molecule has 1 aromatic heterocycles. The molecule has 0 aliphatic heterocycles. The molecule has 0 fully saturated rings. The van der Waals surface area contributed by atoms with Crippen LogP contribution in [-0.4, -0.2) is 20.6 Å². The standard InChI is InChI=1S/C14H13BrF3N3O2/c1-3-9-11(21(2)13(19-9)14(16,17)18)20-12(23)8-6-7(15)4-5-10(8)22/h4-6,22H,3H2,1-2H3,(H,20,23). The summed E-state index contributed by atoms with van der Waals surface area (Å²) in [5.74, 6) is -2.15. The van der Waals surface area contributed by atoms with Gasteiger partial charge in [0.25, 0.3) is 5.91 Å². The van der Waals surface area contributed by atoms with Gasteiger partial charge in [-0.15, -0.1) is 0 Å². The van der Waals surface area contributed by atoms with Gasteiger partial charge in [-0.2, -0.15) is 13.2 Å². The Hall–Kier alpha value is -2.03. The van der Waals surface area contributed by atoms with E-state index in [9.17, 15) is 23.1 Å². The summed E-state index contributed by atoms with van der Waals surface area (Å²) in [6.07, 6.45) is -4.41. The average molecular weight is 392 g/mol. The van der Waals surface area contributed by atoms with Crippen LogP contribution in [0.2, 0.25) is 0 Å². The second-order valence-corrected chi connectivity index (χ2v) is 5.67. The van der Waals surface area contributed by atoms with E-state index in [1.807, 2.05) is 0 Å². The van der Waals surface area contributed by atoms with Crippen molar-refractivity contribution in [3.05, 3.63) is 39.8 Å². The van der Waals surface area contributed by atoms with E-state index in [2.05, 4.69) is 26.2 Å². The molecule has 1 heterocycles. The second kappa shape index (κ2) is 6.23. The van der Waals surface area contributed by atoms with E-state index in [0.29, 0.717) is 4.47 Å². The van der Waals surface area contributed by atoms with Gasteiger partial charge >= 0.3 is 6.18 Å². The summed E-state index contributed by atoms with van der Waals surface area (Å²) in [4.78, 5) is 15.8. The predicted octanol–water partition coefficient (Wildman–Crippen LogP) is 3.72. The van der Waals surface area contributed by atoms with Crippen molar-refractivity contribution >= 4 is 27.7 Å². The number of alkyl halides is 3. The highest BCUT2D eigenvalue weighted by Gasteiger charge is 2.38. The van der Waals surface area contributed by atoms with Gasteiger partial charge in [0.2, 0.25) is 5.82 Å². The molecule has 0 bridgehead atoms. The summed E-state index contributed by atoms with van der Waals surface area (Å²) >= 11 is 3.17. The van der Waals surface area contributed by atoms with Crippen LogP contribution in [0.5, 0.6) is 5.75 Å². The van der Waals surface area contributed by atoms with Gasteiger partial charge in [0.05, 0.1) is 11.3 Å².